The highest BCUT2D eigenvalue weighted by atomic mass is 16.6. The van der Waals surface area contributed by atoms with Crippen LogP contribution < -0.4 is 10.6 Å². The van der Waals surface area contributed by atoms with Crippen LogP contribution in [0.4, 0.5) is 4.79 Å². The topological polar surface area (TPSA) is 67.4 Å². The predicted molar refractivity (Wildman–Crippen MR) is 91.4 cm³/mol. The Hall–Kier alpha value is -2.04. The van der Waals surface area contributed by atoms with Crippen LogP contribution in [0.1, 0.15) is 70.5 Å². The molecule has 1 atom stereocenters. The summed E-state index contributed by atoms with van der Waals surface area (Å²) >= 11 is 0. The number of carbonyl (C=O) groups excluding carboxylic acids is 2. The van der Waals surface area contributed by atoms with E-state index >= 15 is 0 Å². The van der Waals surface area contributed by atoms with Crippen molar-refractivity contribution >= 4 is 12.0 Å². The lowest BCUT2D eigenvalue weighted by molar-refractivity contribution is 0.0916. The van der Waals surface area contributed by atoms with E-state index in [0.29, 0.717) is 5.56 Å². The number of alkyl carbamates (subject to hydrolysis) is 1. The smallest absolute Gasteiger partial charge is 0.408 e. The lowest BCUT2D eigenvalue weighted by atomic mass is 10.1. The summed E-state index contributed by atoms with van der Waals surface area (Å²) < 4.78 is 5.34. The first-order chi connectivity index (χ1) is 10.4. The summed E-state index contributed by atoms with van der Waals surface area (Å²) in [6.45, 7) is 13.3. The van der Waals surface area contributed by atoms with Gasteiger partial charge in [0.2, 0.25) is 0 Å². The number of benzene rings is 1. The highest BCUT2D eigenvalue weighted by molar-refractivity contribution is 5.94. The Morgan fingerprint density at radius 1 is 0.913 bits per heavy atom. The first-order valence-corrected chi connectivity index (χ1v) is 7.79. The Morgan fingerprint density at radius 2 is 1.39 bits per heavy atom. The monoisotopic (exact) mass is 320 g/mol. The molecule has 0 spiro atoms. The van der Waals surface area contributed by atoms with Gasteiger partial charge in [-0.25, -0.2) is 4.79 Å². The highest BCUT2D eigenvalue weighted by Crippen LogP contribution is 2.18. The standard InChI is InChI=1S/C18H28N2O3/c1-12(23-16(22)20-18(5,6)7)13-8-10-14(11-9-13)15(21)19-17(2,3)4/h8-12H,1-7H3,(H,19,21)(H,20,22)/t12-/m0/s1. The molecule has 0 aliphatic carbocycles. The fraction of sp³-hybridized carbons (Fsp3) is 0.556. The third-order valence-corrected chi connectivity index (χ3v) is 2.89. The van der Waals surface area contributed by atoms with Crippen LogP contribution >= 0.6 is 0 Å². The zero-order valence-electron chi connectivity index (χ0n) is 15.1. The summed E-state index contributed by atoms with van der Waals surface area (Å²) in [4.78, 5) is 23.8. The normalized spacial score (nSPS) is 13.2. The molecule has 2 N–H and O–H groups in total. The van der Waals surface area contributed by atoms with Crippen molar-refractivity contribution in [2.24, 2.45) is 0 Å². The van der Waals surface area contributed by atoms with Gasteiger partial charge < -0.3 is 15.4 Å². The Labute approximate surface area is 138 Å². The van der Waals surface area contributed by atoms with Gasteiger partial charge in [-0.2, -0.15) is 0 Å². The fourth-order valence-electron chi connectivity index (χ4n) is 1.88. The van der Waals surface area contributed by atoms with E-state index in [1.807, 2.05) is 41.5 Å². The van der Waals surface area contributed by atoms with Crippen molar-refractivity contribution in [3.05, 3.63) is 35.4 Å². The lowest BCUT2D eigenvalue weighted by Gasteiger charge is -2.22. The fourth-order valence-corrected chi connectivity index (χ4v) is 1.88. The molecule has 2 amide bonds. The molecule has 5 nitrogen and oxygen atoms in total. The van der Waals surface area contributed by atoms with Crippen molar-refractivity contribution in [2.45, 2.75) is 65.6 Å². The van der Waals surface area contributed by atoms with Crippen molar-refractivity contribution in [1.82, 2.24) is 10.6 Å². The molecular weight excluding hydrogens is 292 g/mol. The Kier molecular flexibility index (Phi) is 5.81. The molecule has 0 aliphatic rings. The van der Waals surface area contributed by atoms with Crippen LogP contribution in [0.3, 0.4) is 0 Å². The Morgan fingerprint density at radius 3 is 1.83 bits per heavy atom. The summed E-state index contributed by atoms with van der Waals surface area (Å²) in [6, 6.07) is 7.06. The van der Waals surface area contributed by atoms with Gasteiger partial charge >= 0.3 is 6.09 Å². The summed E-state index contributed by atoms with van der Waals surface area (Å²) in [5.41, 5.74) is 0.791. The van der Waals surface area contributed by atoms with E-state index in [-0.39, 0.29) is 17.0 Å². The van der Waals surface area contributed by atoms with Crippen molar-refractivity contribution in [3.63, 3.8) is 0 Å². The van der Waals surface area contributed by atoms with Crippen molar-refractivity contribution < 1.29 is 14.3 Å². The van der Waals surface area contributed by atoms with Gasteiger partial charge in [0.05, 0.1) is 0 Å². The minimum atomic E-state index is -0.459. The maximum absolute atomic E-state index is 12.1. The molecular formula is C18H28N2O3. The number of hydrogen-bond donors (Lipinski definition) is 2. The molecule has 1 aromatic carbocycles. The first-order valence-electron chi connectivity index (χ1n) is 7.79. The molecule has 23 heavy (non-hydrogen) atoms. The van der Waals surface area contributed by atoms with Crippen LogP contribution in [-0.2, 0) is 4.74 Å². The van der Waals surface area contributed by atoms with Gasteiger partial charge in [0.1, 0.15) is 6.10 Å². The first kappa shape index (κ1) is 19.0. The van der Waals surface area contributed by atoms with Gasteiger partial charge in [-0.1, -0.05) is 12.1 Å². The molecule has 0 unspecified atom stereocenters. The van der Waals surface area contributed by atoms with Crippen LogP contribution in [-0.4, -0.2) is 23.1 Å². The number of amides is 2. The molecule has 1 aromatic rings. The number of nitrogens with one attached hydrogen (secondary N) is 2. The van der Waals surface area contributed by atoms with Crippen molar-refractivity contribution in [3.8, 4) is 0 Å². The third kappa shape index (κ3) is 7.17. The van der Waals surface area contributed by atoms with Gasteiger partial charge in [-0.15, -0.1) is 0 Å². The van der Waals surface area contributed by atoms with E-state index in [4.69, 9.17) is 4.74 Å². The van der Waals surface area contributed by atoms with E-state index in [2.05, 4.69) is 10.6 Å². The van der Waals surface area contributed by atoms with Crippen LogP contribution in [0.15, 0.2) is 24.3 Å². The quantitative estimate of drug-likeness (QED) is 0.890. The van der Waals surface area contributed by atoms with Crippen molar-refractivity contribution in [2.75, 3.05) is 0 Å². The largest absolute Gasteiger partial charge is 0.442 e. The highest BCUT2D eigenvalue weighted by Gasteiger charge is 2.19. The maximum atomic E-state index is 12.1. The summed E-state index contributed by atoms with van der Waals surface area (Å²) in [5.74, 6) is -0.122. The van der Waals surface area contributed by atoms with Gasteiger partial charge in [0.25, 0.3) is 5.91 Å². The number of rotatable bonds is 3. The molecule has 0 bridgehead atoms. The van der Waals surface area contributed by atoms with Crippen LogP contribution in [0.25, 0.3) is 0 Å². The molecule has 5 heteroatoms. The molecule has 1 rings (SSSR count). The minimum Gasteiger partial charge on any atom is -0.442 e. The second kappa shape index (κ2) is 7.02. The van der Waals surface area contributed by atoms with Gasteiger partial charge in [-0.05, 0) is 66.2 Å². The Balaban J connectivity index is 2.69. The second-order valence-electron chi connectivity index (χ2n) is 7.75. The third-order valence-electron chi connectivity index (χ3n) is 2.89. The van der Waals surface area contributed by atoms with Crippen molar-refractivity contribution in [1.29, 1.82) is 0 Å². The van der Waals surface area contributed by atoms with E-state index in [1.165, 1.54) is 0 Å². The van der Waals surface area contributed by atoms with E-state index in [1.54, 1.807) is 31.2 Å². The molecule has 0 radical (unpaired) electrons. The summed E-state index contributed by atoms with van der Waals surface area (Å²) in [5, 5.41) is 5.66. The van der Waals surface area contributed by atoms with Gasteiger partial charge in [-0.3, -0.25) is 4.79 Å². The van der Waals surface area contributed by atoms with Crippen LogP contribution in [0.5, 0.6) is 0 Å². The molecule has 0 saturated carbocycles. The molecule has 0 fully saturated rings. The number of ether oxygens (including phenoxy) is 1. The number of hydrogen-bond acceptors (Lipinski definition) is 3. The summed E-state index contributed by atoms with van der Waals surface area (Å²) in [7, 11) is 0. The van der Waals surface area contributed by atoms with Crippen LogP contribution in [0, 0.1) is 0 Å². The van der Waals surface area contributed by atoms with Gasteiger partial charge in [0.15, 0.2) is 0 Å². The maximum Gasteiger partial charge on any atom is 0.408 e. The zero-order chi connectivity index (χ0) is 17.8. The lowest BCUT2D eigenvalue weighted by Crippen LogP contribution is -2.41. The second-order valence-corrected chi connectivity index (χ2v) is 7.75. The molecule has 0 aliphatic heterocycles. The molecule has 128 valence electrons. The zero-order valence-corrected chi connectivity index (χ0v) is 15.1. The van der Waals surface area contributed by atoms with E-state index in [0.717, 1.165) is 5.56 Å². The van der Waals surface area contributed by atoms with E-state index < -0.39 is 12.2 Å². The SMILES string of the molecule is C[C@H](OC(=O)NC(C)(C)C)c1ccc(C(=O)NC(C)(C)C)cc1. The Bertz CT molecular complexity index is 551. The minimum absolute atomic E-state index is 0.122. The number of carbonyl (C=O) groups is 2. The average Bonchev–Trinajstić information content (AvgIpc) is 2.34. The van der Waals surface area contributed by atoms with Crippen LogP contribution in [0.2, 0.25) is 0 Å². The predicted octanol–water partition coefficient (Wildman–Crippen LogP) is 3.80. The summed E-state index contributed by atoms with van der Waals surface area (Å²) in [6.07, 6.45) is -0.850. The van der Waals surface area contributed by atoms with E-state index in [9.17, 15) is 9.59 Å². The van der Waals surface area contributed by atoms with Gasteiger partial charge in [0, 0.05) is 16.6 Å². The average molecular weight is 320 g/mol. The molecule has 0 saturated heterocycles. The molecule has 0 aromatic heterocycles. The molecule has 0 heterocycles.